The Morgan fingerprint density at radius 1 is 0.962 bits per heavy atom. The molecule has 0 saturated heterocycles. The Hall–Kier alpha value is -3.02. The highest BCUT2D eigenvalue weighted by Gasteiger charge is 2.08. The highest BCUT2D eigenvalue weighted by atomic mass is 16.5. The summed E-state index contributed by atoms with van der Waals surface area (Å²) in [6.07, 6.45) is 0. The number of hydrogen-bond acceptors (Lipinski definition) is 4. The first-order chi connectivity index (χ1) is 12.5. The molecule has 2 rings (SSSR count). The van der Waals surface area contributed by atoms with Gasteiger partial charge in [-0.05, 0) is 48.9 Å². The normalized spacial score (nSPS) is 10.1. The van der Waals surface area contributed by atoms with Crippen LogP contribution in [0.5, 0.6) is 5.75 Å². The fraction of sp³-hybridized carbons (Fsp3) is 0.300. The Kier molecular flexibility index (Phi) is 7.02. The molecule has 6 nitrogen and oxygen atoms in total. The molecule has 2 aromatic carbocycles. The number of amides is 2. The van der Waals surface area contributed by atoms with Gasteiger partial charge in [0.1, 0.15) is 5.75 Å². The summed E-state index contributed by atoms with van der Waals surface area (Å²) in [4.78, 5) is 26.0. The fourth-order valence-corrected chi connectivity index (χ4v) is 2.31. The number of benzene rings is 2. The minimum Gasteiger partial charge on any atom is -0.494 e. The van der Waals surface area contributed by atoms with E-state index in [1.807, 2.05) is 50.2 Å². The number of hydrogen-bond donors (Lipinski definition) is 2. The van der Waals surface area contributed by atoms with Gasteiger partial charge in [-0.2, -0.15) is 0 Å². The maximum atomic E-state index is 12.1. The van der Waals surface area contributed by atoms with E-state index in [2.05, 4.69) is 10.6 Å². The van der Waals surface area contributed by atoms with Crippen molar-refractivity contribution in [2.24, 2.45) is 0 Å². The molecule has 2 amide bonds. The van der Waals surface area contributed by atoms with Gasteiger partial charge in [0.05, 0.1) is 13.2 Å². The smallest absolute Gasteiger partial charge is 0.251 e. The largest absolute Gasteiger partial charge is 0.494 e. The van der Waals surface area contributed by atoms with Gasteiger partial charge in [0.25, 0.3) is 5.91 Å². The van der Waals surface area contributed by atoms with E-state index in [4.69, 9.17) is 4.74 Å². The third kappa shape index (κ3) is 5.81. The molecule has 0 radical (unpaired) electrons. The van der Waals surface area contributed by atoms with Crippen LogP contribution in [0.25, 0.3) is 0 Å². The molecule has 0 bridgehead atoms. The Bertz CT molecular complexity index is 725. The monoisotopic (exact) mass is 355 g/mol. The molecule has 2 aromatic rings. The van der Waals surface area contributed by atoms with E-state index in [1.54, 1.807) is 24.3 Å². The molecular formula is C20H25N3O3. The summed E-state index contributed by atoms with van der Waals surface area (Å²) in [5.74, 6) is 0.182. The lowest BCUT2D eigenvalue weighted by Crippen LogP contribution is -2.36. The molecular weight excluding hydrogens is 330 g/mol. The average molecular weight is 355 g/mol. The zero-order valence-electron chi connectivity index (χ0n) is 15.4. The third-order valence-electron chi connectivity index (χ3n) is 3.78. The molecule has 0 fully saturated rings. The maximum Gasteiger partial charge on any atom is 0.251 e. The Balaban J connectivity index is 1.76. The fourth-order valence-electron chi connectivity index (χ4n) is 2.31. The second kappa shape index (κ2) is 9.46. The summed E-state index contributed by atoms with van der Waals surface area (Å²) in [7, 11) is 3.95. The van der Waals surface area contributed by atoms with Crippen LogP contribution in [0.15, 0.2) is 48.5 Å². The number of nitrogens with zero attached hydrogens (tertiary/aromatic N) is 1. The van der Waals surface area contributed by atoms with E-state index >= 15 is 0 Å². The average Bonchev–Trinajstić information content (AvgIpc) is 2.65. The number of rotatable bonds is 8. The van der Waals surface area contributed by atoms with Gasteiger partial charge in [0.2, 0.25) is 5.91 Å². The van der Waals surface area contributed by atoms with Crippen molar-refractivity contribution in [2.75, 3.05) is 32.1 Å². The molecule has 0 aliphatic heterocycles. The minimum absolute atomic E-state index is 0.0676. The predicted molar refractivity (Wildman–Crippen MR) is 103 cm³/mol. The van der Waals surface area contributed by atoms with Crippen LogP contribution in [0.3, 0.4) is 0 Å². The van der Waals surface area contributed by atoms with Gasteiger partial charge in [-0.15, -0.1) is 0 Å². The summed E-state index contributed by atoms with van der Waals surface area (Å²) in [6, 6.07) is 14.7. The van der Waals surface area contributed by atoms with Crippen LogP contribution >= 0.6 is 0 Å². The van der Waals surface area contributed by atoms with Gasteiger partial charge in [-0.1, -0.05) is 12.1 Å². The Morgan fingerprint density at radius 3 is 2.19 bits per heavy atom. The lowest BCUT2D eigenvalue weighted by atomic mass is 10.2. The van der Waals surface area contributed by atoms with Gasteiger partial charge in [0.15, 0.2) is 0 Å². The van der Waals surface area contributed by atoms with Crippen LogP contribution in [0.4, 0.5) is 5.69 Å². The van der Waals surface area contributed by atoms with E-state index in [0.717, 1.165) is 11.3 Å². The number of carbonyl (C=O) groups excluding carboxylic acids is 2. The number of nitrogens with one attached hydrogen (secondary N) is 2. The van der Waals surface area contributed by atoms with Crippen molar-refractivity contribution >= 4 is 17.5 Å². The van der Waals surface area contributed by atoms with E-state index in [-0.39, 0.29) is 18.4 Å². The molecule has 0 aliphatic carbocycles. The topological polar surface area (TPSA) is 70.7 Å². The second-order valence-corrected chi connectivity index (χ2v) is 5.98. The molecule has 0 saturated carbocycles. The van der Waals surface area contributed by atoms with Crippen LogP contribution < -0.4 is 20.3 Å². The molecule has 0 aromatic heterocycles. The van der Waals surface area contributed by atoms with Gasteiger partial charge >= 0.3 is 0 Å². The van der Waals surface area contributed by atoms with Crippen molar-refractivity contribution in [1.82, 2.24) is 10.6 Å². The first-order valence-electron chi connectivity index (χ1n) is 8.53. The van der Waals surface area contributed by atoms with Gasteiger partial charge < -0.3 is 20.3 Å². The van der Waals surface area contributed by atoms with E-state index in [9.17, 15) is 9.59 Å². The van der Waals surface area contributed by atoms with Gasteiger partial charge in [-0.25, -0.2) is 0 Å². The number of carbonyl (C=O) groups is 2. The van der Waals surface area contributed by atoms with Crippen molar-refractivity contribution in [3.8, 4) is 5.75 Å². The lowest BCUT2D eigenvalue weighted by molar-refractivity contribution is -0.120. The van der Waals surface area contributed by atoms with Crippen LogP contribution in [-0.4, -0.2) is 39.1 Å². The number of anilines is 1. The highest BCUT2D eigenvalue weighted by molar-refractivity contribution is 5.96. The molecule has 6 heteroatoms. The van der Waals surface area contributed by atoms with Crippen molar-refractivity contribution in [2.45, 2.75) is 13.5 Å². The van der Waals surface area contributed by atoms with Gasteiger partial charge in [0, 0.05) is 31.9 Å². The van der Waals surface area contributed by atoms with Crippen molar-refractivity contribution in [3.05, 3.63) is 59.7 Å². The molecule has 0 aliphatic rings. The molecule has 138 valence electrons. The van der Waals surface area contributed by atoms with Crippen molar-refractivity contribution < 1.29 is 14.3 Å². The van der Waals surface area contributed by atoms with Crippen LogP contribution in [0.1, 0.15) is 22.8 Å². The highest BCUT2D eigenvalue weighted by Crippen LogP contribution is 2.12. The quantitative estimate of drug-likeness (QED) is 0.762. The van der Waals surface area contributed by atoms with Crippen LogP contribution in [0.2, 0.25) is 0 Å². The maximum absolute atomic E-state index is 12.1. The van der Waals surface area contributed by atoms with E-state index < -0.39 is 0 Å². The summed E-state index contributed by atoms with van der Waals surface area (Å²) in [5.41, 5.74) is 2.59. The zero-order valence-corrected chi connectivity index (χ0v) is 15.4. The lowest BCUT2D eigenvalue weighted by Gasteiger charge is -2.13. The van der Waals surface area contributed by atoms with Crippen molar-refractivity contribution in [3.63, 3.8) is 0 Å². The second-order valence-electron chi connectivity index (χ2n) is 5.98. The van der Waals surface area contributed by atoms with E-state index in [0.29, 0.717) is 24.5 Å². The summed E-state index contributed by atoms with van der Waals surface area (Å²) >= 11 is 0. The Labute approximate surface area is 154 Å². The molecule has 0 unspecified atom stereocenters. The molecule has 26 heavy (non-hydrogen) atoms. The molecule has 2 N–H and O–H groups in total. The third-order valence-corrected chi connectivity index (χ3v) is 3.78. The molecule has 0 heterocycles. The predicted octanol–water partition coefficient (Wildman–Crippen LogP) is 2.20. The standard InChI is InChI=1S/C20H25N3O3/c1-4-26-18-11-7-16(8-12-18)20(25)22-14-19(24)21-13-15-5-9-17(10-6-15)23(2)3/h5-12H,4,13-14H2,1-3H3,(H,21,24)(H,22,25). The first-order valence-corrected chi connectivity index (χ1v) is 8.53. The summed E-state index contributed by atoms with van der Waals surface area (Å²) in [6.45, 7) is 2.83. The van der Waals surface area contributed by atoms with Crippen molar-refractivity contribution in [1.29, 1.82) is 0 Å². The zero-order chi connectivity index (χ0) is 18.9. The molecule has 0 spiro atoms. The Morgan fingerprint density at radius 2 is 1.62 bits per heavy atom. The number of ether oxygens (including phenoxy) is 1. The molecule has 0 atom stereocenters. The van der Waals surface area contributed by atoms with Crippen LogP contribution in [-0.2, 0) is 11.3 Å². The van der Waals surface area contributed by atoms with Crippen LogP contribution in [0, 0.1) is 0 Å². The SMILES string of the molecule is CCOc1ccc(C(=O)NCC(=O)NCc2ccc(N(C)C)cc2)cc1. The first kappa shape index (κ1) is 19.3. The summed E-state index contributed by atoms with van der Waals surface area (Å²) < 4.78 is 5.33. The summed E-state index contributed by atoms with van der Waals surface area (Å²) in [5, 5.41) is 5.41. The van der Waals surface area contributed by atoms with E-state index in [1.165, 1.54) is 0 Å². The van der Waals surface area contributed by atoms with Gasteiger partial charge in [-0.3, -0.25) is 9.59 Å². The minimum atomic E-state index is -0.293.